The molecule has 1 aliphatic carbocycles. The minimum atomic E-state index is 0.391. The Morgan fingerprint density at radius 2 is 1.58 bits per heavy atom. The molecule has 1 atom stereocenters. The predicted octanol–water partition coefficient (Wildman–Crippen LogP) is 4.78. The molecule has 8 nitrogen and oxygen atoms in total. The Morgan fingerprint density at radius 3 is 2.31 bits per heavy atom. The molecule has 0 N–H and O–H groups in total. The van der Waals surface area contributed by atoms with Crippen molar-refractivity contribution in [3.63, 3.8) is 0 Å². The highest BCUT2D eigenvalue weighted by Gasteiger charge is 2.32. The maximum Gasteiger partial charge on any atom is 0.159 e. The van der Waals surface area contributed by atoms with Gasteiger partial charge in [-0.15, -0.1) is 0 Å². The highest BCUT2D eigenvalue weighted by molar-refractivity contribution is 5.70. The minimum Gasteiger partial charge on any atom is -0.380 e. The molecule has 2 fully saturated rings. The van der Waals surface area contributed by atoms with Crippen LogP contribution in [0.4, 0.5) is 0 Å². The summed E-state index contributed by atoms with van der Waals surface area (Å²) in [5, 5.41) is 8.98. The minimum absolute atomic E-state index is 0.391. The van der Waals surface area contributed by atoms with Crippen molar-refractivity contribution in [1.82, 2.24) is 34.4 Å². The fraction of sp³-hybridized carbons (Fsp3) is 0.393. The van der Waals surface area contributed by atoms with Gasteiger partial charge in [0.1, 0.15) is 0 Å². The van der Waals surface area contributed by atoms with Crippen LogP contribution in [0.2, 0.25) is 0 Å². The summed E-state index contributed by atoms with van der Waals surface area (Å²) in [5.74, 6) is 0.713. The highest BCUT2D eigenvalue weighted by Crippen LogP contribution is 2.37. The molecule has 1 aliphatic heterocycles. The molecule has 0 spiro atoms. The van der Waals surface area contributed by atoms with Crippen LogP contribution in [0.3, 0.4) is 0 Å². The summed E-state index contributed by atoms with van der Waals surface area (Å²) in [6.45, 7) is 2.18. The lowest BCUT2D eigenvalue weighted by molar-refractivity contribution is 0.106. The van der Waals surface area contributed by atoms with Gasteiger partial charge in [-0.3, -0.25) is 14.3 Å². The van der Waals surface area contributed by atoms with Crippen molar-refractivity contribution in [2.24, 2.45) is 7.05 Å². The van der Waals surface area contributed by atoms with Gasteiger partial charge in [0.05, 0.1) is 24.5 Å². The zero-order valence-electron chi connectivity index (χ0n) is 20.9. The van der Waals surface area contributed by atoms with Crippen LogP contribution in [0.1, 0.15) is 38.1 Å². The van der Waals surface area contributed by atoms with Crippen molar-refractivity contribution < 1.29 is 4.74 Å². The number of methoxy groups -OCH3 is 1. The van der Waals surface area contributed by atoms with E-state index in [1.54, 1.807) is 6.04 Å². The number of aryl methyl sites for hydroxylation is 1. The summed E-state index contributed by atoms with van der Waals surface area (Å²) in [4.78, 5) is 11.9. The molecule has 6 rings (SSSR count). The molecule has 2 aliphatic rings. The first-order chi connectivity index (χ1) is 17.7. The van der Waals surface area contributed by atoms with Gasteiger partial charge < -0.3 is 4.74 Å². The zero-order chi connectivity index (χ0) is 24.5. The fourth-order valence-electron chi connectivity index (χ4n) is 5.45. The lowest BCUT2D eigenvalue weighted by atomic mass is 9.90. The highest BCUT2D eigenvalue weighted by atomic mass is 16.5. The first-order valence-corrected chi connectivity index (χ1v) is 12.7. The summed E-state index contributed by atoms with van der Waals surface area (Å²) >= 11 is 0. The van der Waals surface area contributed by atoms with Gasteiger partial charge in [-0.2, -0.15) is 10.2 Å². The van der Waals surface area contributed by atoms with Crippen LogP contribution in [-0.2, 0) is 11.8 Å². The summed E-state index contributed by atoms with van der Waals surface area (Å²) in [7, 11) is 3.75. The van der Waals surface area contributed by atoms with E-state index in [2.05, 4.69) is 43.0 Å². The SMILES string of the molecule is CO[C@H]1CCN([C]2CCC(n3cc(-c4cnc(-c5cccc(-c6cnn(C)c6)c5)nc4)cn3)CC2)C1. The quantitative estimate of drug-likeness (QED) is 0.394. The van der Waals surface area contributed by atoms with E-state index in [1.165, 1.54) is 0 Å². The second-order valence-corrected chi connectivity index (χ2v) is 9.88. The van der Waals surface area contributed by atoms with Gasteiger partial charge in [0.2, 0.25) is 0 Å². The van der Waals surface area contributed by atoms with Crippen LogP contribution in [0.15, 0.2) is 61.4 Å². The molecular weight excluding hydrogens is 450 g/mol. The van der Waals surface area contributed by atoms with Crippen molar-refractivity contribution in [1.29, 1.82) is 0 Å². The van der Waals surface area contributed by atoms with Crippen LogP contribution in [-0.4, -0.2) is 60.7 Å². The van der Waals surface area contributed by atoms with Crippen LogP contribution in [0.5, 0.6) is 0 Å². The van der Waals surface area contributed by atoms with E-state index >= 15 is 0 Å². The molecule has 4 heterocycles. The van der Waals surface area contributed by atoms with Crippen molar-refractivity contribution in [3.8, 4) is 33.6 Å². The van der Waals surface area contributed by atoms with Crippen LogP contribution in [0.25, 0.3) is 33.6 Å². The molecular formula is C28H32N7O. The van der Waals surface area contributed by atoms with Crippen LogP contribution in [0, 0.1) is 6.04 Å². The number of benzene rings is 1. The average molecular weight is 483 g/mol. The molecule has 36 heavy (non-hydrogen) atoms. The van der Waals surface area contributed by atoms with E-state index in [-0.39, 0.29) is 0 Å². The lowest BCUT2D eigenvalue weighted by Crippen LogP contribution is -2.31. The summed E-state index contributed by atoms with van der Waals surface area (Å²) in [5.41, 5.74) is 5.21. The standard InChI is InChI=1S/C28H32N7O/c1-33-17-23(15-31-33)20-4-3-5-21(12-20)28-29-13-22(14-30-28)24-16-32-35(18-24)26-8-6-25(7-9-26)34-11-10-27(19-34)36-2/h3-5,12-18,26-27H,6-11,19H2,1-2H3/t27-/m0/s1. The van der Waals surface area contributed by atoms with E-state index in [0.717, 1.165) is 73.0 Å². The van der Waals surface area contributed by atoms with Crippen molar-refractivity contribution in [2.75, 3.05) is 20.2 Å². The first-order valence-electron chi connectivity index (χ1n) is 12.7. The molecule has 1 saturated carbocycles. The van der Waals surface area contributed by atoms with Crippen molar-refractivity contribution in [3.05, 3.63) is 67.5 Å². The largest absolute Gasteiger partial charge is 0.380 e. The Morgan fingerprint density at radius 1 is 0.833 bits per heavy atom. The number of aromatic nitrogens is 6. The monoisotopic (exact) mass is 482 g/mol. The molecule has 0 bridgehead atoms. The molecule has 1 radical (unpaired) electrons. The maximum atomic E-state index is 5.54. The average Bonchev–Trinajstić information content (AvgIpc) is 3.70. The van der Waals surface area contributed by atoms with E-state index in [9.17, 15) is 0 Å². The van der Waals surface area contributed by atoms with E-state index < -0.39 is 0 Å². The van der Waals surface area contributed by atoms with Crippen LogP contribution < -0.4 is 0 Å². The van der Waals surface area contributed by atoms with Gasteiger partial charge in [0.15, 0.2) is 5.82 Å². The Labute approximate surface area is 211 Å². The van der Waals surface area contributed by atoms with Crippen molar-refractivity contribution >= 4 is 0 Å². The molecule has 4 aromatic rings. The Hall–Kier alpha value is -3.36. The van der Waals surface area contributed by atoms with Gasteiger partial charge in [-0.1, -0.05) is 18.2 Å². The number of hydrogen-bond acceptors (Lipinski definition) is 6. The summed E-state index contributed by atoms with van der Waals surface area (Å²) < 4.78 is 9.49. The molecule has 1 aromatic carbocycles. The third-order valence-electron chi connectivity index (χ3n) is 7.58. The molecule has 3 aromatic heterocycles. The van der Waals surface area contributed by atoms with Gasteiger partial charge >= 0.3 is 0 Å². The number of nitrogens with zero attached hydrogens (tertiary/aromatic N) is 7. The normalized spacial score (nSPS) is 19.8. The molecule has 185 valence electrons. The van der Waals surface area contributed by atoms with E-state index in [1.807, 2.05) is 62.0 Å². The number of hydrogen-bond donors (Lipinski definition) is 0. The molecule has 0 amide bonds. The van der Waals surface area contributed by atoms with Gasteiger partial charge in [0, 0.05) is 80.3 Å². The molecule has 8 heteroatoms. The molecule has 1 saturated heterocycles. The summed E-state index contributed by atoms with van der Waals surface area (Å²) in [6.07, 6.45) is 17.8. The molecule has 0 unspecified atom stereocenters. The smallest absolute Gasteiger partial charge is 0.159 e. The topological polar surface area (TPSA) is 73.9 Å². The third kappa shape index (κ3) is 4.70. The number of ether oxygens (including phenoxy) is 1. The van der Waals surface area contributed by atoms with Crippen molar-refractivity contribution in [2.45, 2.75) is 44.2 Å². The Bertz CT molecular complexity index is 1300. The second kappa shape index (κ2) is 9.95. The second-order valence-electron chi connectivity index (χ2n) is 9.88. The van der Waals surface area contributed by atoms with Crippen LogP contribution >= 0.6 is 0 Å². The van der Waals surface area contributed by atoms with Gasteiger partial charge in [-0.25, -0.2) is 9.97 Å². The van der Waals surface area contributed by atoms with E-state index in [0.29, 0.717) is 18.0 Å². The zero-order valence-corrected chi connectivity index (χ0v) is 20.9. The lowest BCUT2D eigenvalue weighted by Gasteiger charge is -2.33. The van der Waals surface area contributed by atoms with Gasteiger partial charge in [-0.05, 0) is 43.7 Å². The number of rotatable bonds is 6. The first kappa shape index (κ1) is 23.1. The Kier molecular flexibility index (Phi) is 6.37. The van der Waals surface area contributed by atoms with E-state index in [4.69, 9.17) is 9.84 Å². The predicted molar refractivity (Wildman–Crippen MR) is 139 cm³/mol. The van der Waals surface area contributed by atoms with Gasteiger partial charge in [0.25, 0.3) is 0 Å². The fourth-order valence-corrected chi connectivity index (χ4v) is 5.45. The maximum absolute atomic E-state index is 5.54. The number of likely N-dealkylation sites (tertiary alicyclic amines) is 1. The Balaban J connectivity index is 1.11. The summed E-state index contributed by atoms with van der Waals surface area (Å²) in [6, 6.07) is 10.3. The third-order valence-corrected chi connectivity index (χ3v) is 7.58.